The minimum atomic E-state index is -3.81. The van der Waals surface area contributed by atoms with Gasteiger partial charge in [0.15, 0.2) is 0 Å². The number of fused-ring (bicyclic) bond motifs is 1. The lowest BCUT2D eigenvalue weighted by atomic mass is 9.89. The van der Waals surface area contributed by atoms with Gasteiger partial charge >= 0.3 is 0 Å². The summed E-state index contributed by atoms with van der Waals surface area (Å²) in [6, 6.07) is 7.60. The predicted octanol–water partition coefficient (Wildman–Crippen LogP) is 5.86. The highest BCUT2D eigenvalue weighted by Gasteiger charge is 2.31. The Labute approximate surface area is 268 Å². The lowest BCUT2D eigenvalue weighted by molar-refractivity contribution is -0.0190. The normalized spacial score (nSPS) is 23.9. The van der Waals surface area contributed by atoms with Crippen molar-refractivity contribution in [3.63, 3.8) is 0 Å². The highest BCUT2D eigenvalue weighted by Crippen LogP contribution is 2.30. The van der Waals surface area contributed by atoms with E-state index in [1.165, 1.54) is 32.1 Å². The summed E-state index contributed by atoms with van der Waals surface area (Å²) in [5.74, 6) is 0.804. The van der Waals surface area contributed by atoms with Crippen LogP contribution in [-0.2, 0) is 14.8 Å². The number of sulfonamides is 1. The molecule has 0 bridgehead atoms. The minimum absolute atomic E-state index is 0.00602. The molecule has 0 saturated heterocycles. The highest BCUT2D eigenvalue weighted by atomic mass is 32.2. The van der Waals surface area contributed by atoms with E-state index in [0.29, 0.717) is 18.9 Å². The third-order valence-corrected chi connectivity index (χ3v) is 11.6. The first-order chi connectivity index (χ1) is 21.1. The maximum atomic E-state index is 14.3. The fraction of sp³-hybridized carbons (Fsp3) is 0.667. The number of nitrogens with one attached hydrogen (secondary N) is 1. The molecule has 2 aliphatic rings. The Morgan fingerprint density at radius 1 is 1.09 bits per heavy atom. The monoisotopic (exact) mass is 649 g/mol. The summed E-state index contributed by atoms with van der Waals surface area (Å²) in [6.45, 7) is 8.56. The molecule has 1 aromatic carbocycles. The van der Waals surface area contributed by atoms with Crippen molar-refractivity contribution in [2.45, 2.75) is 94.6 Å². The molecule has 1 fully saturated rings. The number of carbonyl (C=O) groups excluding carboxylic acids is 1. The Bertz CT molecular complexity index is 1280. The van der Waals surface area contributed by atoms with Crippen molar-refractivity contribution in [3.05, 3.63) is 41.3 Å². The quantitative estimate of drug-likeness (QED) is 0.351. The van der Waals surface area contributed by atoms with Crippen molar-refractivity contribution in [2.75, 3.05) is 44.6 Å². The SMILES string of the molecule is C[C@H](CO)N1C[C@H](C)[C@@H](CN(C)CC2CCCCC2)OCCCC[C@H](C)Oc2ccc(NS(=O)(=O)c3cccs3)cc2C1=O. The van der Waals surface area contributed by atoms with Crippen molar-refractivity contribution >= 4 is 33.0 Å². The molecule has 1 aliphatic heterocycles. The Morgan fingerprint density at radius 3 is 2.55 bits per heavy atom. The molecular formula is C33H51N3O6S2. The van der Waals surface area contributed by atoms with Crippen LogP contribution in [-0.4, -0.2) is 87.4 Å². The summed E-state index contributed by atoms with van der Waals surface area (Å²) >= 11 is 1.13. The maximum absolute atomic E-state index is 14.3. The van der Waals surface area contributed by atoms with E-state index in [9.17, 15) is 18.3 Å². The second-order valence-electron chi connectivity index (χ2n) is 12.8. The number of carbonyl (C=O) groups is 1. The van der Waals surface area contributed by atoms with Crippen LogP contribution in [0.3, 0.4) is 0 Å². The van der Waals surface area contributed by atoms with Crippen LogP contribution < -0.4 is 9.46 Å². The molecule has 4 atom stereocenters. The molecule has 11 heteroatoms. The smallest absolute Gasteiger partial charge is 0.271 e. The molecule has 9 nitrogen and oxygen atoms in total. The zero-order chi connectivity index (χ0) is 31.7. The van der Waals surface area contributed by atoms with E-state index in [2.05, 4.69) is 23.6 Å². The van der Waals surface area contributed by atoms with E-state index in [0.717, 1.165) is 49.6 Å². The average molecular weight is 650 g/mol. The number of hydrogen-bond acceptors (Lipinski definition) is 8. The van der Waals surface area contributed by atoms with Crippen LogP contribution in [0.5, 0.6) is 5.75 Å². The Balaban J connectivity index is 1.61. The van der Waals surface area contributed by atoms with Crippen LogP contribution in [0.2, 0.25) is 0 Å². The van der Waals surface area contributed by atoms with Gasteiger partial charge in [0.1, 0.15) is 9.96 Å². The van der Waals surface area contributed by atoms with Crippen molar-refractivity contribution < 1.29 is 27.8 Å². The lowest BCUT2D eigenvalue weighted by Crippen LogP contribution is -2.47. The number of amides is 1. The molecule has 0 spiro atoms. The summed E-state index contributed by atoms with van der Waals surface area (Å²) in [5, 5.41) is 11.9. The van der Waals surface area contributed by atoms with Gasteiger partial charge in [0.2, 0.25) is 0 Å². The standard InChI is InChI=1S/C33H51N3O6S2/c1-24-20-36(25(2)23-37)33(38)29-19-28(34-44(39,40)32-14-10-18-43-32)15-16-30(29)42-26(3)11-8-9-17-41-31(24)22-35(4)21-27-12-6-5-7-13-27/h10,14-16,18-19,24-27,31,34,37H,5-9,11-13,17,20-23H2,1-4H3/t24-,25+,26-,31+/m0/s1. The topological polar surface area (TPSA) is 108 Å². The molecular weight excluding hydrogens is 599 g/mol. The predicted molar refractivity (Wildman–Crippen MR) is 176 cm³/mol. The number of likely N-dealkylation sites (N-methyl/N-ethyl adjacent to an activating group) is 1. The van der Waals surface area contributed by atoms with Gasteiger partial charge < -0.3 is 24.4 Å². The number of nitrogens with zero attached hydrogens (tertiary/aromatic N) is 2. The van der Waals surface area contributed by atoms with E-state index >= 15 is 0 Å². The number of hydrogen-bond donors (Lipinski definition) is 2. The number of rotatable bonds is 9. The number of aliphatic hydroxyl groups excluding tert-OH is 1. The van der Waals surface area contributed by atoms with Crippen LogP contribution in [0, 0.1) is 11.8 Å². The van der Waals surface area contributed by atoms with Gasteiger partial charge in [0, 0.05) is 37.8 Å². The molecule has 44 heavy (non-hydrogen) atoms. The molecule has 4 rings (SSSR count). The zero-order valence-electron chi connectivity index (χ0n) is 26.7. The number of ether oxygens (including phenoxy) is 2. The third-order valence-electron chi connectivity index (χ3n) is 8.85. The first-order valence-corrected chi connectivity index (χ1v) is 18.5. The first kappa shape index (κ1) is 34.7. The molecule has 2 N–H and O–H groups in total. The van der Waals surface area contributed by atoms with Gasteiger partial charge in [-0.1, -0.05) is 32.3 Å². The fourth-order valence-electron chi connectivity index (χ4n) is 6.26. The second kappa shape index (κ2) is 16.4. The van der Waals surface area contributed by atoms with Gasteiger partial charge in [-0.2, -0.15) is 0 Å². The van der Waals surface area contributed by atoms with Crippen LogP contribution >= 0.6 is 11.3 Å². The summed E-state index contributed by atoms with van der Waals surface area (Å²) in [5.41, 5.74) is 0.540. The van der Waals surface area contributed by atoms with Gasteiger partial charge in [0.05, 0.1) is 30.4 Å². The Hall–Kier alpha value is -2.18. The minimum Gasteiger partial charge on any atom is -0.490 e. The summed E-state index contributed by atoms with van der Waals surface area (Å²) < 4.78 is 41.5. The van der Waals surface area contributed by atoms with Gasteiger partial charge in [-0.25, -0.2) is 8.42 Å². The highest BCUT2D eigenvalue weighted by molar-refractivity contribution is 7.94. The zero-order valence-corrected chi connectivity index (χ0v) is 28.4. The van der Waals surface area contributed by atoms with E-state index < -0.39 is 16.1 Å². The molecule has 0 unspecified atom stereocenters. The summed E-state index contributed by atoms with van der Waals surface area (Å²) in [4.78, 5) is 18.4. The maximum Gasteiger partial charge on any atom is 0.271 e. The molecule has 1 aliphatic carbocycles. The van der Waals surface area contributed by atoms with Crippen LogP contribution in [0.25, 0.3) is 0 Å². The van der Waals surface area contributed by atoms with Gasteiger partial charge in [-0.3, -0.25) is 9.52 Å². The van der Waals surface area contributed by atoms with Crippen molar-refractivity contribution in [3.8, 4) is 5.75 Å². The van der Waals surface area contributed by atoms with Crippen molar-refractivity contribution in [2.24, 2.45) is 11.8 Å². The van der Waals surface area contributed by atoms with Crippen molar-refractivity contribution in [1.29, 1.82) is 0 Å². The average Bonchev–Trinajstić information content (AvgIpc) is 3.55. The molecule has 246 valence electrons. The number of anilines is 1. The molecule has 2 aromatic rings. The van der Waals surface area contributed by atoms with E-state index in [-0.39, 0.29) is 46.1 Å². The Kier molecular flexibility index (Phi) is 12.9. The van der Waals surface area contributed by atoms with E-state index in [1.807, 2.05) is 13.8 Å². The third kappa shape index (κ3) is 9.66. The lowest BCUT2D eigenvalue weighted by Gasteiger charge is -2.36. The Morgan fingerprint density at radius 2 is 1.84 bits per heavy atom. The van der Waals surface area contributed by atoms with Gasteiger partial charge in [-0.15, -0.1) is 11.3 Å². The van der Waals surface area contributed by atoms with Crippen LogP contribution in [0.4, 0.5) is 5.69 Å². The van der Waals surface area contributed by atoms with E-state index in [4.69, 9.17) is 9.47 Å². The molecule has 0 radical (unpaired) electrons. The van der Waals surface area contributed by atoms with Crippen LogP contribution in [0.1, 0.15) is 82.5 Å². The second-order valence-corrected chi connectivity index (χ2v) is 15.6. The molecule has 2 heterocycles. The summed E-state index contributed by atoms with van der Waals surface area (Å²) in [6.07, 6.45) is 8.93. The fourth-order valence-corrected chi connectivity index (χ4v) is 8.31. The molecule has 1 saturated carbocycles. The van der Waals surface area contributed by atoms with Gasteiger partial charge in [-0.05, 0) is 88.6 Å². The number of thiophene rings is 1. The number of benzene rings is 1. The molecule has 1 amide bonds. The summed E-state index contributed by atoms with van der Waals surface area (Å²) in [7, 11) is -1.64. The number of aliphatic hydroxyl groups is 1. The van der Waals surface area contributed by atoms with E-state index in [1.54, 1.807) is 40.6 Å². The first-order valence-electron chi connectivity index (χ1n) is 16.2. The molecule has 1 aromatic heterocycles. The van der Waals surface area contributed by atoms with Gasteiger partial charge in [0.25, 0.3) is 15.9 Å². The van der Waals surface area contributed by atoms with Crippen LogP contribution in [0.15, 0.2) is 39.9 Å². The largest absolute Gasteiger partial charge is 0.490 e. The van der Waals surface area contributed by atoms with Crippen molar-refractivity contribution in [1.82, 2.24) is 9.80 Å².